The van der Waals surface area contributed by atoms with Gasteiger partial charge in [0.05, 0.1) is 5.60 Å². The second kappa shape index (κ2) is 4.45. The van der Waals surface area contributed by atoms with Gasteiger partial charge < -0.3 is 10.1 Å². The third-order valence-corrected chi connectivity index (χ3v) is 3.04. The fraction of sp³-hybridized carbons (Fsp3) is 0.545. The zero-order valence-electron chi connectivity index (χ0n) is 9.23. The number of anilines is 1. The molecule has 0 bridgehead atoms. The van der Waals surface area contributed by atoms with Crippen LogP contribution in [0.1, 0.15) is 25.0 Å². The van der Waals surface area contributed by atoms with Crippen molar-refractivity contribution in [2.75, 3.05) is 19.0 Å². The molecule has 1 aromatic heterocycles. The van der Waals surface area contributed by atoms with Crippen LogP contribution in [-0.4, -0.2) is 29.2 Å². The van der Waals surface area contributed by atoms with E-state index in [-0.39, 0.29) is 5.60 Å². The smallest absolute Gasteiger partial charge is 0.223 e. The summed E-state index contributed by atoms with van der Waals surface area (Å²) in [6, 6.07) is 3.57. The fourth-order valence-corrected chi connectivity index (χ4v) is 1.77. The Balaban J connectivity index is 1.96. The number of nitrogens with zero attached hydrogens (tertiary/aromatic N) is 3. The van der Waals surface area contributed by atoms with E-state index in [4.69, 9.17) is 10.00 Å². The third kappa shape index (κ3) is 2.12. The van der Waals surface area contributed by atoms with Crippen molar-refractivity contribution in [3.8, 4) is 6.07 Å². The molecule has 0 atom stereocenters. The number of hydrogen-bond donors (Lipinski definition) is 1. The molecule has 2 rings (SSSR count). The van der Waals surface area contributed by atoms with Crippen molar-refractivity contribution >= 4 is 5.95 Å². The van der Waals surface area contributed by atoms with Gasteiger partial charge in [-0.1, -0.05) is 0 Å². The first kappa shape index (κ1) is 10.8. The molecule has 1 heterocycles. The zero-order valence-corrected chi connectivity index (χ0v) is 9.23. The van der Waals surface area contributed by atoms with Crippen LogP contribution in [0.4, 0.5) is 5.95 Å². The van der Waals surface area contributed by atoms with Crippen LogP contribution in [0.2, 0.25) is 0 Å². The standard InChI is InChI=1S/C11H14N4O/c1-16-11(4-2-5-11)8-14-10-13-6-3-9(7-12)15-10/h3,6H,2,4-5,8H2,1H3,(H,13,14,15). The van der Waals surface area contributed by atoms with E-state index >= 15 is 0 Å². The highest BCUT2D eigenvalue weighted by Gasteiger charge is 2.36. The van der Waals surface area contributed by atoms with E-state index in [1.807, 2.05) is 6.07 Å². The van der Waals surface area contributed by atoms with Crippen LogP contribution in [0, 0.1) is 11.3 Å². The summed E-state index contributed by atoms with van der Waals surface area (Å²) in [6.07, 6.45) is 4.91. The van der Waals surface area contributed by atoms with Crippen molar-refractivity contribution in [2.24, 2.45) is 0 Å². The topological polar surface area (TPSA) is 70.8 Å². The Morgan fingerprint density at radius 3 is 3.00 bits per heavy atom. The lowest BCUT2D eigenvalue weighted by atomic mass is 9.80. The molecule has 84 valence electrons. The van der Waals surface area contributed by atoms with Gasteiger partial charge >= 0.3 is 0 Å². The molecule has 0 saturated heterocycles. The number of aromatic nitrogens is 2. The van der Waals surface area contributed by atoms with Crippen LogP contribution in [0.5, 0.6) is 0 Å². The number of nitriles is 1. The highest BCUT2D eigenvalue weighted by molar-refractivity contribution is 5.30. The number of methoxy groups -OCH3 is 1. The summed E-state index contributed by atoms with van der Waals surface area (Å²) in [5, 5.41) is 11.8. The number of hydrogen-bond acceptors (Lipinski definition) is 5. The van der Waals surface area contributed by atoms with Crippen molar-refractivity contribution in [2.45, 2.75) is 24.9 Å². The van der Waals surface area contributed by atoms with E-state index in [1.165, 1.54) is 6.42 Å². The molecule has 1 aliphatic carbocycles. The number of ether oxygens (including phenoxy) is 1. The molecule has 5 nitrogen and oxygen atoms in total. The summed E-state index contributed by atoms with van der Waals surface area (Å²) in [5.41, 5.74) is 0.309. The summed E-state index contributed by atoms with van der Waals surface area (Å²) in [7, 11) is 1.73. The molecule has 0 amide bonds. The van der Waals surface area contributed by atoms with Gasteiger partial charge in [0.1, 0.15) is 11.8 Å². The van der Waals surface area contributed by atoms with E-state index in [0.29, 0.717) is 18.2 Å². The Bertz CT molecular complexity index is 403. The molecule has 0 unspecified atom stereocenters. The summed E-state index contributed by atoms with van der Waals surface area (Å²) in [5.74, 6) is 0.488. The maximum Gasteiger partial charge on any atom is 0.223 e. The number of nitrogens with one attached hydrogen (secondary N) is 1. The normalized spacial score (nSPS) is 17.2. The minimum Gasteiger partial charge on any atom is -0.376 e. The lowest BCUT2D eigenvalue weighted by Gasteiger charge is -2.40. The quantitative estimate of drug-likeness (QED) is 0.825. The highest BCUT2D eigenvalue weighted by Crippen LogP contribution is 2.34. The molecular weight excluding hydrogens is 204 g/mol. The van der Waals surface area contributed by atoms with Crippen LogP contribution in [0.15, 0.2) is 12.3 Å². The van der Waals surface area contributed by atoms with Crippen LogP contribution in [0.25, 0.3) is 0 Å². The van der Waals surface area contributed by atoms with Crippen LogP contribution in [0.3, 0.4) is 0 Å². The molecule has 16 heavy (non-hydrogen) atoms. The third-order valence-electron chi connectivity index (χ3n) is 3.04. The SMILES string of the molecule is COC1(CNc2nccc(C#N)n2)CCC1. The molecule has 1 N–H and O–H groups in total. The lowest BCUT2D eigenvalue weighted by molar-refractivity contribution is -0.0602. The van der Waals surface area contributed by atoms with E-state index in [2.05, 4.69) is 15.3 Å². The summed E-state index contributed by atoms with van der Waals surface area (Å²) in [4.78, 5) is 8.10. The molecule has 0 aromatic carbocycles. The maximum atomic E-state index is 8.70. The summed E-state index contributed by atoms with van der Waals surface area (Å²) < 4.78 is 5.47. The largest absolute Gasteiger partial charge is 0.376 e. The molecule has 5 heteroatoms. The predicted octanol–water partition coefficient (Wildman–Crippen LogP) is 1.33. The van der Waals surface area contributed by atoms with E-state index in [0.717, 1.165) is 12.8 Å². The van der Waals surface area contributed by atoms with Gasteiger partial charge in [0.15, 0.2) is 0 Å². The highest BCUT2D eigenvalue weighted by atomic mass is 16.5. The van der Waals surface area contributed by atoms with Crippen LogP contribution >= 0.6 is 0 Å². The zero-order chi connectivity index (χ0) is 11.4. The monoisotopic (exact) mass is 218 g/mol. The second-order valence-electron chi connectivity index (χ2n) is 3.97. The molecule has 1 aromatic rings. The first-order valence-electron chi connectivity index (χ1n) is 5.30. The molecule has 0 aliphatic heterocycles. The predicted molar refractivity (Wildman–Crippen MR) is 58.8 cm³/mol. The van der Waals surface area contributed by atoms with E-state index in [1.54, 1.807) is 19.4 Å². The van der Waals surface area contributed by atoms with Crippen molar-refractivity contribution < 1.29 is 4.74 Å². The average molecular weight is 218 g/mol. The van der Waals surface area contributed by atoms with Gasteiger partial charge in [0.25, 0.3) is 0 Å². The van der Waals surface area contributed by atoms with Crippen molar-refractivity contribution in [1.29, 1.82) is 5.26 Å². The fourth-order valence-electron chi connectivity index (χ4n) is 1.77. The van der Waals surface area contributed by atoms with Gasteiger partial charge in [-0.15, -0.1) is 0 Å². The van der Waals surface area contributed by atoms with Gasteiger partial charge in [-0.3, -0.25) is 0 Å². The Hall–Kier alpha value is -1.67. The van der Waals surface area contributed by atoms with Crippen molar-refractivity contribution in [1.82, 2.24) is 9.97 Å². The van der Waals surface area contributed by atoms with Crippen LogP contribution in [-0.2, 0) is 4.74 Å². The maximum absolute atomic E-state index is 8.70. The summed E-state index contributed by atoms with van der Waals surface area (Å²) in [6.45, 7) is 0.693. The minimum atomic E-state index is -0.0635. The van der Waals surface area contributed by atoms with Crippen molar-refractivity contribution in [3.63, 3.8) is 0 Å². The lowest BCUT2D eigenvalue weighted by Crippen LogP contribution is -2.45. The Morgan fingerprint density at radius 1 is 1.62 bits per heavy atom. The van der Waals surface area contributed by atoms with E-state index < -0.39 is 0 Å². The second-order valence-corrected chi connectivity index (χ2v) is 3.97. The number of rotatable bonds is 4. The molecular formula is C11H14N4O. The molecule has 0 radical (unpaired) electrons. The summed E-state index contributed by atoms with van der Waals surface area (Å²) >= 11 is 0. The van der Waals surface area contributed by atoms with Crippen molar-refractivity contribution in [3.05, 3.63) is 18.0 Å². The molecule has 1 saturated carbocycles. The van der Waals surface area contributed by atoms with Gasteiger partial charge in [0, 0.05) is 19.9 Å². The first-order chi connectivity index (χ1) is 7.78. The molecule has 1 fully saturated rings. The van der Waals surface area contributed by atoms with Gasteiger partial charge in [-0.05, 0) is 25.3 Å². The van der Waals surface area contributed by atoms with Gasteiger partial charge in [0.2, 0.25) is 5.95 Å². The Kier molecular flexibility index (Phi) is 3.02. The average Bonchev–Trinajstić information content (AvgIpc) is 2.29. The van der Waals surface area contributed by atoms with E-state index in [9.17, 15) is 0 Å². The van der Waals surface area contributed by atoms with Gasteiger partial charge in [-0.25, -0.2) is 9.97 Å². The molecule has 0 spiro atoms. The first-order valence-corrected chi connectivity index (χ1v) is 5.30. The Morgan fingerprint density at radius 2 is 2.44 bits per heavy atom. The van der Waals surface area contributed by atoms with Crippen LogP contribution < -0.4 is 5.32 Å². The Labute approximate surface area is 94.5 Å². The minimum absolute atomic E-state index is 0.0635. The van der Waals surface area contributed by atoms with Gasteiger partial charge in [-0.2, -0.15) is 5.26 Å². The molecule has 1 aliphatic rings.